The maximum absolute atomic E-state index is 12.7. The second-order valence-electron chi connectivity index (χ2n) is 7.26. The molecule has 1 aliphatic heterocycles. The highest BCUT2D eigenvalue weighted by Gasteiger charge is 2.33. The minimum atomic E-state index is -0.166. The molecule has 3 aromatic rings. The minimum Gasteiger partial charge on any atom is -0.337 e. The molecule has 1 atom stereocenters. The van der Waals surface area contributed by atoms with Gasteiger partial charge in [0.15, 0.2) is 0 Å². The molecule has 1 fully saturated rings. The summed E-state index contributed by atoms with van der Waals surface area (Å²) in [5.41, 5.74) is 4.27. The van der Waals surface area contributed by atoms with Crippen LogP contribution in [0.1, 0.15) is 41.5 Å². The molecule has 1 aliphatic rings. The number of aromatic nitrogens is 2. The Balaban J connectivity index is 1.50. The Morgan fingerprint density at radius 3 is 2.75 bits per heavy atom. The van der Waals surface area contributed by atoms with Gasteiger partial charge in [0.05, 0.1) is 0 Å². The molecule has 1 saturated heterocycles. The summed E-state index contributed by atoms with van der Waals surface area (Å²) in [5.74, 6) is 1.04. The molecule has 142 valence electrons. The van der Waals surface area contributed by atoms with Crippen LogP contribution in [0.3, 0.4) is 0 Å². The van der Waals surface area contributed by atoms with Crippen molar-refractivity contribution in [2.24, 2.45) is 0 Å². The summed E-state index contributed by atoms with van der Waals surface area (Å²) in [6.07, 6.45) is 5.24. The molecule has 0 saturated carbocycles. The molecule has 2 heterocycles. The van der Waals surface area contributed by atoms with Gasteiger partial charge in [-0.25, -0.2) is 0 Å². The van der Waals surface area contributed by atoms with Crippen molar-refractivity contribution in [1.82, 2.24) is 15.0 Å². The molecular formula is C23H23N3O2. The fourth-order valence-corrected chi connectivity index (χ4v) is 3.50. The van der Waals surface area contributed by atoms with Crippen LogP contribution in [0.4, 0.5) is 0 Å². The van der Waals surface area contributed by atoms with E-state index >= 15 is 0 Å². The number of aryl methyl sites for hydroxylation is 2. The quantitative estimate of drug-likeness (QED) is 0.620. The Labute approximate surface area is 164 Å². The Morgan fingerprint density at radius 1 is 1.14 bits per heavy atom. The van der Waals surface area contributed by atoms with Gasteiger partial charge in [0.1, 0.15) is 6.04 Å². The summed E-state index contributed by atoms with van der Waals surface area (Å²) >= 11 is 0. The van der Waals surface area contributed by atoms with Crippen LogP contribution in [0.25, 0.3) is 17.5 Å². The topological polar surface area (TPSA) is 59.2 Å². The molecule has 5 nitrogen and oxygen atoms in total. The second-order valence-corrected chi connectivity index (χ2v) is 7.26. The number of nitrogens with zero attached hydrogens (tertiary/aromatic N) is 3. The highest BCUT2D eigenvalue weighted by Crippen LogP contribution is 2.32. The van der Waals surface area contributed by atoms with E-state index in [2.05, 4.69) is 10.1 Å². The summed E-state index contributed by atoms with van der Waals surface area (Å²) in [6, 6.07) is 15.9. The Kier molecular flexibility index (Phi) is 5.06. The lowest BCUT2D eigenvalue weighted by atomic mass is 10.1. The zero-order chi connectivity index (χ0) is 19.5. The zero-order valence-electron chi connectivity index (χ0n) is 16.1. The van der Waals surface area contributed by atoms with Gasteiger partial charge >= 0.3 is 0 Å². The molecule has 28 heavy (non-hydrogen) atoms. The molecule has 1 aromatic heterocycles. The van der Waals surface area contributed by atoms with Gasteiger partial charge < -0.3 is 9.42 Å². The monoisotopic (exact) mass is 373 g/mol. The van der Waals surface area contributed by atoms with E-state index in [1.54, 1.807) is 6.08 Å². The van der Waals surface area contributed by atoms with Crippen LogP contribution >= 0.6 is 0 Å². The summed E-state index contributed by atoms with van der Waals surface area (Å²) in [7, 11) is 0. The van der Waals surface area contributed by atoms with Crippen molar-refractivity contribution in [3.05, 3.63) is 77.2 Å². The van der Waals surface area contributed by atoms with Gasteiger partial charge in [0, 0.05) is 18.2 Å². The number of likely N-dealkylation sites (tertiary alicyclic amines) is 1. The van der Waals surface area contributed by atoms with Crippen LogP contribution in [-0.2, 0) is 4.79 Å². The standard InChI is InChI=1S/C23H23N3O2/c1-16-8-10-18(11-9-16)12-13-21(27)26-14-4-7-20(26)23-24-22(25-28-23)19-6-3-5-17(2)15-19/h3,5-6,8-13,15,20H,4,7,14H2,1-2H3/b13-12+/t20-/m0/s1. The molecule has 0 aliphatic carbocycles. The third-order valence-electron chi connectivity index (χ3n) is 5.03. The normalized spacial score (nSPS) is 16.8. The third-order valence-corrected chi connectivity index (χ3v) is 5.03. The maximum atomic E-state index is 12.7. The number of benzene rings is 2. The summed E-state index contributed by atoms with van der Waals surface area (Å²) in [5, 5.41) is 4.13. The molecule has 0 spiro atoms. The largest absolute Gasteiger partial charge is 0.337 e. The Morgan fingerprint density at radius 2 is 1.96 bits per heavy atom. The number of carbonyl (C=O) groups excluding carboxylic acids is 1. The van der Waals surface area contributed by atoms with Gasteiger partial charge in [-0.15, -0.1) is 0 Å². The predicted octanol–water partition coefficient (Wildman–Crippen LogP) is 4.73. The maximum Gasteiger partial charge on any atom is 0.249 e. The lowest BCUT2D eigenvalue weighted by Gasteiger charge is -2.20. The van der Waals surface area contributed by atoms with Crippen molar-refractivity contribution in [3.8, 4) is 11.4 Å². The van der Waals surface area contributed by atoms with Crippen LogP contribution in [0, 0.1) is 13.8 Å². The van der Waals surface area contributed by atoms with E-state index in [4.69, 9.17) is 4.52 Å². The fourth-order valence-electron chi connectivity index (χ4n) is 3.50. The van der Waals surface area contributed by atoms with Gasteiger partial charge in [-0.2, -0.15) is 4.98 Å². The van der Waals surface area contributed by atoms with E-state index in [1.807, 2.05) is 73.4 Å². The Bertz CT molecular complexity index is 1000. The van der Waals surface area contributed by atoms with E-state index in [0.717, 1.165) is 29.5 Å². The molecular weight excluding hydrogens is 350 g/mol. The van der Waals surface area contributed by atoms with E-state index in [-0.39, 0.29) is 11.9 Å². The number of hydrogen-bond donors (Lipinski definition) is 0. The number of amides is 1. The molecule has 0 unspecified atom stereocenters. The lowest BCUT2D eigenvalue weighted by molar-refractivity contribution is -0.127. The average Bonchev–Trinajstić information content (AvgIpc) is 3.36. The van der Waals surface area contributed by atoms with Crippen LogP contribution < -0.4 is 0 Å². The smallest absolute Gasteiger partial charge is 0.249 e. The minimum absolute atomic E-state index is 0.0293. The molecule has 0 bridgehead atoms. The highest BCUT2D eigenvalue weighted by atomic mass is 16.5. The van der Waals surface area contributed by atoms with Gasteiger partial charge in [-0.05, 0) is 44.4 Å². The first kappa shape index (κ1) is 18.2. The molecule has 5 heteroatoms. The van der Waals surface area contributed by atoms with Crippen molar-refractivity contribution in [3.63, 3.8) is 0 Å². The SMILES string of the molecule is Cc1ccc(/C=C/C(=O)N2CCC[C@H]2c2nc(-c3cccc(C)c3)no2)cc1. The first-order chi connectivity index (χ1) is 13.6. The lowest BCUT2D eigenvalue weighted by Crippen LogP contribution is -2.29. The van der Waals surface area contributed by atoms with Gasteiger partial charge in [-0.1, -0.05) is 58.7 Å². The van der Waals surface area contributed by atoms with Gasteiger partial charge in [-0.3, -0.25) is 4.79 Å². The number of rotatable bonds is 4. The predicted molar refractivity (Wildman–Crippen MR) is 108 cm³/mol. The van der Waals surface area contributed by atoms with Crippen molar-refractivity contribution in [1.29, 1.82) is 0 Å². The van der Waals surface area contributed by atoms with Gasteiger partial charge in [0.2, 0.25) is 17.6 Å². The second kappa shape index (κ2) is 7.80. The van der Waals surface area contributed by atoms with Crippen molar-refractivity contribution in [2.75, 3.05) is 6.54 Å². The first-order valence-electron chi connectivity index (χ1n) is 9.56. The van der Waals surface area contributed by atoms with E-state index in [9.17, 15) is 4.79 Å². The van der Waals surface area contributed by atoms with E-state index < -0.39 is 0 Å². The number of carbonyl (C=O) groups is 1. The van der Waals surface area contributed by atoms with Crippen LogP contribution in [0.5, 0.6) is 0 Å². The van der Waals surface area contributed by atoms with Crippen molar-refractivity contribution < 1.29 is 9.32 Å². The van der Waals surface area contributed by atoms with Crippen LogP contribution in [-0.4, -0.2) is 27.5 Å². The van der Waals surface area contributed by atoms with E-state index in [1.165, 1.54) is 5.56 Å². The van der Waals surface area contributed by atoms with Crippen LogP contribution in [0.2, 0.25) is 0 Å². The van der Waals surface area contributed by atoms with Crippen molar-refractivity contribution in [2.45, 2.75) is 32.7 Å². The third kappa shape index (κ3) is 3.88. The molecule has 2 aromatic carbocycles. The summed E-state index contributed by atoms with van der Waals surface area (Å²) < 4.78 is 5.52. The van der Waals surface area contributed by atoms with Crippen molar-refractivity contribution >= 4 is 12.0 Å². The first-order valence-corrected chi connectivity index (χ1v) is 9.56. The van der Waals surface area contributed by atoms with E-state index in [0.29, 0.717) is 18.3 Å². The zero-order valence-corrected chi connectivity index (χ0v) is 16.1. The Hall–Kier alpha value is -3.21. The molecule has 1 amide bonds. The molecule has 4 rings (SSSR count). The molecule has 0 radical (unpaired) electrons. The summed E-state index contributed by atoms with van der Waals surface area (Å²) in [6.45, 7) is 4.77. The fraction of sp³-hybridized carbons (Fsp3) is 0.261. The van der Waals surface area contributed by atoms with Gasteiger partial charge in [0.25, 0.3) is 0 Å². The molecule has 0 N–H and O–H groups in total. The number of hydrogen-bond acceptors (Lipinski definition) is 4. The van der Waals surface area contributed by atoms with Crippen LogP contribution in [0.15, 0.2) is 59.1 Å². The highest BCUT2D eigenvalue weighted by molar-refractivity contribution is 5.92. The summed E-state index contributed by atoms with van der Waals surface area (Å²) in [4.78, 5) is 19.1. The average molecular weight is 373 g/mol.